The Morgan fingerprint density at radius 2 is 1.74 bits per heavy atom. The van der Waals surface area contributed by atoms with Crippen LogP contribution in [0.1, 0.15) is 35.2 Å². The first-order valence-corrected chi connectivity index (χ1v) is 10.2. The Bertz CT molecular complexity index is 1100. The first-order valence-electron chi connectivity index (χ1n) is 9.80. The SMILES string of the molecule is O=C(NC1CCC1)c1cc(Cl)c2ccccc2c1OCc1ccc(OC(F)(F)F)cc1. The molecule has 0 aromatic heterocycles. The summed E-state index contributed by atoms with van der Waals surface area (Å²) in [4.78, 5) is 12.9. The average molecular weight is 450 g/mol. The van der Waals surface area contributed by atoms with Gasteiger partial charge in [0.1, 0.15) is 18.1 Å². The van der Waals surface area contributed by atoms with Crippen molar-refractivity contribution in [3.05, 3.63) is 70.7 Å². The van der Waals surface area contributed by atoms with Crippen molar-refractivity contribution in [2.75, 3.05) is 0 Å². The minimum absolute atomic E-state index is 0.0572. The van der Waals surface area contributed by atoms with E-state index in [2.05, 4.69) is 10.1 Å². The first kappa shape index (κ1) is 21.3. The predicted molar refractivity (Wildman–Crippen MR) is 112 cm³/mol. The Balaban J connectivity index is 1.60. The number of carbonyl (C=O) groups excluding carboxylic acids is 1. The molecule has 162 valence electrons. The monoisotopic (exact) mass is 449 g/mol. The van der Waals surface area contributed by atoms with Crippen LogP contribution in [0.2, 0.25) is 5.02 Å². The van der Waals surface area contributed by atoms with Gasteiger partial charge in [0.15, 0.2) is 0 Å². The van der Waals surface area contributed by atoms with Gasteiger partial charge in [0.05, 0.1) is 5.56 Å². The van der Waals surface area contributed by atoms with Crippen molar-refractivity contribution in [2.24, 2.45) is 0 Å². The summed E-state index contributed by atoms with van der Waals surface area (Å²) >= 11 is 6.41. The lowest BCUT2D eigenvalue weighted by molar-refractivity contribution is -0.274. The molecule has 1 saturated carbocycles. The number of nitrogens with one attached hydrogen (secondary N) is 1. The van der Waals surface area contributed by atoms with Crippen LogP contribution in [0.5, 0.6) is 11.5 Å². The third-order valence-corrected chi connectivity index (χ3v) is 5.48. The maximum atomic E-state index is 12.9. The Hall–Kier alpha value is -2.93. The Morgan fingerprint density at radius 3 is 2.35 bits per heavy atom. The quantitative estimate of drug-likeness (QED) is 0.483. The molecule has 0 radical (unpaired) electrons. The normalized spacial score (nSPS) is 14.2. The van der Waals surface area contributed by atoms with Crippen molar-refractivity contribution in [2.45, 2.75) is 38.3 Å². The van der Waals surface area contributed by atoms with Gasteiger partial charge in [0, 0.05) is 21.8 Å². The summed E-state index contributed by atoms with van der Waals surface area (Å²) in [5.74, 6) is -0.192. The molecule has 0 heterocycles. The molecule has 3 aromatic rings. The number of rotatable bonds is 6. The molecule has 0 unspecified atom stereocenters. The standard InChI is InChI=1S/C23H19ClF3NO3/c24-20-12-19(22(29)28-15-4-3-5-15)21(18-7-2-1-6-17(18)20)30-13-14-8-10-16(11-9-14)31-23(25,26)27/h1-2,6-12,15H,3-5,13H2,(H,28,29). The lowest BCUT2D eigenvalue weighted by Crippen LogP contribution is -2.39. The van der Waals surface area contributed by atoms with E-state index in [1.807, 2.05) is 24.3 Å². The molecule has 4 nitrogen and oxygen atoms in total. The van der Waals surface area contributed by atoms with Crippen LogP contribution >= 0.6 is 11.6 Å². The highest BCUT2D eigenvalue weighted by Gasteiger charge is 2.31. The Kier molecular flexibility index (Phi) is 5.96. The van der Waals surface area contributed by atoms with Gasteiger partial charge in [-0.3, -0.25) is 4.79 Å². The van der Waals surface area contributed by atoms with Crippen LogP contribution in [0.25, 0.3) is 10.8 Å². The van der Waals surface area contributed by atoms with Crippen molar-refractivity contribution in [1.29, 1.82) is 0 Å². The molecule has 4 rings (SSSR count). The number of ether oxygens (including phenoxy) is 2. The zero-order valence-corrected chi connectivity index (χ0v) is 17.1. The molecule has 3 aromatic carbocycles. The first-order chi connectivity index (χ1) is 14.8. The number of hydrogen-bond donors (Lipinski definition) is 1. The molecule has 0 bridgehead atoms. The molecule has 1 N–H and O–H groups in total. The van der Waals surface area contributed by atoms with Gasteiger partial charge in [0.25, 0.3) is 5.91 Å². The Labute approximate surface area is 181 Å². The lowest BCUT2D eigenvalue weighted by atomic mass is 9.92. The van der Waals surface area contributed by atoms with Gasteiger partial charge in [-0.2, -0.15) is 0 Å². The van der Waals surface area contributed by atoms with Crippen LogP contribution in [0.3, 0.4) is 0 Å². The van der Waals surface area contributed by atoms with Gasteiger partial charge in [0.2, 0.25) is 0 Å². The van der Waals surface area contributed by atoms with E-state index in [4.69, 9.17) is 16.3 Å². The number of alkyl halides is 3. The van der Waals surface area contributed by atoms with Gasteiger partial charge >= 0.3 is 6.36 Å². The van der Waals surface area contributed by atoms with Crippen molar-refractivity contribution >= 4 is 28.3 Å². The van der Waals surface area contributed by atoms with E-state index in [0.717, 1.165) is 24.6 Å². The zero-order chi connectivity index (χ0) is 22.0. The second kappa shape index (κ2) is 8.67. The number of benzene rings is 3. The molecule has 0 aliphatic heterocycles. The number of hydrogen-bond acceptors (Lipinski definition) is 3. The fourth-order valence-electron chi connectivity index (χ4n) is 3.39. The largest absolute Gasteiger partial charge is 0.573 e. The number of halogens is 4. The minimum Gasteiger partial charge on any atom is -0.487 e. The average Bonchev–Trinajstić information content (AvgIpc) is 2.70. The smallest absolute Gasteiger partial charge is 0.487 e. The fourth-order valence-corrected chi connectivity index (χ4v) is 3.66. The molecule has 0 spiro atoms. The molecule has 31 heavy (non-hydrogen) atoms. The molecule has 1 aliphatic carbocycles. The molecule has 1 aliphatic rings. The van der Waals surface area contributed by atoms with Crippen LogP contribution in [0.15, 0.2) is 54.6 Å². The van der Waals surface area contributed by atoms with Crippen LogP contribution in [0.4, 0.5) is 13.2 Å². The summed E-state index contributed by atoms with van der Waals surface area (Å²) in [6.07, 6.45) is -1.78. The van der Waals surface area contributed by atoms with Gasteiger partial charge in [-0.05, 0) is 43.0 Å². The lowest BCUT2D eigenvalue weighted by Gasteiger charge is -2.27. The zero-order valence-electron chi connectivity index (χ0n) is 16.3. The second-order valence-electron chi connectivity index (χ2n) is 7.36. The highest BCUT2D eigenvalue weighted by Crippen LogP contribution is 2.36. The second-order valence-corrected chi connectivity index (χ2v) is 7.77. The van der Waals surface area contributed by atoms with E-state index in [1.165, 1.54) is 24.3 Å². The van der Waals surface area contributed by atoms with Crippen LogP contribution < -0.4 is 14.8 Å². The summed E-state index contributed by atoms with van der Waals surface area (Å²) in [5.41, 5.74) is 0.950. The van der Waals surface area contributed by atoms with Crippen molar-refractivity contribution in [3.8, 4) is 11.5 Å². The maximum Gasteiger partial charge on any atom is 0.573 e. The third kappa shape index (κ3) is 5.05. The number of carbonyl (C=O) groups is 1. The van der Waals surface area contributed by atoms with Gasteiger partial charge in [-0.15, -0.1) is 13.2 Å². The van der Waals surface area contributed by atoms with Crippen molar-refractivity contribution < 1.29 is 27.4 Å². The summed E-state index contributed by atoms with van der Waals surface area (Å²) < 4.78 is 46.9. The van der Waals surface area contributed by atoms with Crippen LogP contribution in [-0.4, -0.2) is 18.3 Å². The van der Waals surface area contributed by atoms with Gasteiger partial charge in [-0.25, -0.2) is 0 Å². The van der Waals surface area contributed by atoms with E-state index >= 15 is 0 Å². The molecular weight excluding hydrogens is 431 g/mol. The van der Waals surface area contributed by atoms with E-state index < -0.39 is 6.36 Å². The topological polar surface area (TPSA) is 47.6 Å². The highest BCUT2D eigenvalue weighted by atomic mass is 35.5. The molecule has 0 saturated heterocycles. The third-order valence-electron chi connectivity index (χ3n) is 5.17. The van der Waals surface area contributed by atoms with Crippen molar-refractivity contribution in [1.82, 2.24) is 5.32 Å². The van der Waals surface area contributed by atoms with E-state index in [9.17, 15) is 18.0 Å². The molecule has 1 fully saturated rings. The highest BCUT2D eigenvalue weighted by molar-refractivity contribution is 6.36. The summed E-state index contributed by atoms with van der Waals surface area (Å²) in [6, 6.07) is 14.4. The minimum atomic E-state index is -4.75. The summed E-state index contributed by atoms with van der Waals surface area (Å²) in [7, 11) is 0. The Morgan fingerprint density at radius 1 is 1.06 bits per heavy atom. The summed E-state index contributed by atoms with van der Waals surface area (Å²) in [6.45, 7) is 0.0572. The van der Waals surface area contributed by atoms with E-state index in [1.54, 1.807) is 6.07 Å². The van der Waals surface area contributed by atoms with Crippen LogP contribution in [-0.2, 0) is 6.61 Å². The number of fused-ring (bicyclic) bond motifs is 1. The number of amides is 1. The molecular formula is C23H19ClF3NO3. The maximum absolute atomic E-state index is 12.9. The van der Waals surface area contributed by atoms with E-state index in [0.29, 0.717) is 27.3 Å². The molecule has 0 atom stereocenters. The molecule has 1 amide bonds. The summed E-state index contributed by atoms with van der Waals surface area (Å²) in [5, 5.41) is 4.86. The molecule has 8 heteroatoms. The van der Waals surface area contributed by atoms with Crippen molar-refractivity contribution in [3.63, 3.8) is 0 Å². The van der Waals surface area contributed by atoms with Gasteiger partial charge in [-0.1, -0.05) is 48.0 Å². The predicted octanol–water partition coefficient (Wildman–Crippen LogP) is 6.25. The van der Waals surface area contributed by atoms with E-state index in [-0.39, 0.29) is 24.3 Å². The van der Waals surface area contributed by atoms with Gasteiger partial charge < -0.3 is 14.8 Å². The fraction of sp³-hybridized carbons (Fsp3) is 0.261. The van der Waals surface area contributed by atoms with Crippen LogP contribution in [0, 0.1) is 0 Å².